The van der Waals surface area contributed by atoms with Crippen molar-refractivity contribution >= 4 is 17.2 Å². The molecule has 2 aromatic rings. The van der Waals surface area contributed by atoms with Crippen molar-refractivity contribution in [3.63, 3.8) is 0 Å². The summed E-state index contributed by atoms with van der Waals surface area (Å²) in [6, 6.07) is 15.7. The van der Waals surface area contributed by atoms with E-state index in [1.807, 2.05) is 52.7 Å². The van der Waals surface area contributed by atoms with Crippen molar-refractivity contribution in [3.8, 4) is 11.8 Å². The van der Waals surface area contributed by atoms with Crippen LogP contribution in [0.3, 0.4) is 0 Å². The van der Waals surface area contributed by atoms with Crippen LogP contribution in [0.4, 0.5) is 0 Å². The smallest absolute Gasteiger partial charge is 0.226 e. The molecule has 1 saturated heterocycles. The van der Waals surface area contributed by atoms with Crippen molar-refractivity contribution in [2.75, 3.05) is 32.8 Å². The van der Waals surface area contributed by atoms with E-state index in [4.69, 9.17) is 4.74 Å². The fourth-order valence-corrected chi connectivity index (χ4v) is 3.73. The summed E-state index contributed by atoms with van der Waals surface area (Å²) in [5, 5.41) is 11.5. The molecule has 3 rings (SSSR count). The van der Waals surface area contributed by atoms with Gasteiger partial charge in [-0.25, -0.2) is 0 Å². The Bertz CT molecular complexity index is 704. The summed E-state index contributed by atoms with van der Waals surface area (Å²) in [5.74, 6) is 0.896. The van der Waals surface area contributed by atoms with E-state index in [9.17, 15) is 10.1 Å². The van der Waals surface area contributed by atoms with Crippen molar-refractivity contribution in [1.82, 2.24) is 9.80 Å². The number of nitriles is 1. The van der Waals surface area contributed by atoms with Gasteiger partial charge in [0.2, 0.25) is 5.91 Å². The normalized spacial score (nSPS) is 16.2. The quantitative estimate of drug-likeness (QED) is 0.799. The number of carbonyl (C=O) groups excluding carboxylic acids is 1. The third-order valence-electron chi connectivity index (χ3n) is 4.29. The van der Waals surface area contributed by atoms with Crippen LogP contribution in [0.2, 0.25) is 0 Å². The number of ether oxygens (including phenoxy) is 1. The molecule has 25 heavy (non-hydrogen) atoms. The second kappa shape index (κ2) is 8.65. The summed E-state index contributed by atoms with van der Waals surface area (Å²) in [5.41, 5.74) is 0. The summed E-state index contributed by atoms with van der Waals surface area (Å²) < 4.78 is 5.59. The topological polar surface area (TPSA) is 56.6 Å². The highest BCUT2D eigenvalue weighted by Gasteiger charge is 2.27. The van der Waals surface area contributed by atoms with Gasteiger partial charge in [0.1, 0.15) is 11.8 Å². The van der Waals surface area contributed by atoms with Crippen LogP contribution in [0.25, 0.3) is 0 Å². The minimum atomic E-state index is -0.210. The first-order valence-corrected chi connectivity index (χ1v) is 9.28. The highest BCUT2D eigenvalue weighted by molar-refractivity contribution is 7.10. The third kappa shape index (κ3) is 4.59. The van der Waals surface area contributed by atoms with Crippen molar-refractivity contribution in [2.45, 2.75) is 12.5 Å². The number of para-hydroxylation sites is 1. The molecule has 1 aromatic carbocycles. The van der Waals surface area contributed by atoms with Gasteiger partial charge in [-0.1, -0.05) is 24.3 Å². The average Bonchev–Trinajstić information content (AvgIpc) is 3.18. The number of piperazine rings is 1. The number of benzene rings is 1. The van der Waals surface area contributed by atoms with E-state index >= 15 is 0 Å². The van der Waals surface area contributed by atoms with Crippen LogP contribution in [-0.4, -0.2) is 48.5 Å². The van der Waals surface area contributed by atoms with Gasteiger partial charge in [-0.2, -0.15) is 5.26 Å². The monoisotopic (exact) mass is 355 g/mol. The molecule has 5 nitrogen and oxygen atoms in total. The zero-order valence-electron chi connectivity index (χ0n) is 14.0. The highest BCUT2D eigenvalue weighted by atomic mass is 32.1. The molecule has 0 saturated carbocycles. The lowest BCUT2D eigenvalue weighted by Gasteiger charge is -2.36. The first-order valence-electron chi connectivity index (χ1n) is 8.40. The molecule has 0 spiro atoms. The SMILES string of the molecule is N#CC(c1cccs1)N1CCN(C(=O)CCOc2ccccc2)CC1. The molecule has 6 heteroatoms. The van der Waals surface area contributed by atoms with Gasteiger partial charge in [0, 0.05) is 31.1 Å². The number of nitrogens with zero attached hydrogens (tertiary/aromatic N) is 3. The Balaban J connectivity index is 1.44. The molecule has 0 radical (unpaired) electrons. The maximum Gasteiger partial charge on any atom is 0.226 e. The first kappa shape index (κ1) is 17.5. The Morgan fingerprint density at radius 1 is 1.16 bits per heavy atom. The molecule has 1 atom stereocenters. The van der Waals surface area contributed by atoms with Gasteiger partial charge in [0.25, 0.3) is 0 Å². The van der Waals surface area contributed by atoms with E-state index in [2.05, 4.69) is 11.0 Å². The number of thiophene rings is 1. The zero-order chi connectivity index (χ0) is 17.5. The van der Waals surface area contributed by atoms with E-state index in [1.165, 1.54) is 0 Å². The van der Waals surface area contributed by atoms with Crippen molar-refractivity contribution < 1.29 is 9.53 Å². The molecule has 0 N–H and O–H groups in total. The molecular formula is C19H21N3O2S. The second-order valence-corrected chi connectivity index (χ2v) is 6.85. The number of rotatable bonds is 6. The van der Waals surface area contributed by atoms with E-state index in [1.54, 1.807) is 11.3 Å². The van der Waals surface area contributed by atoms with Gasteiger partial charge >= 0.3 is 0 Å². The van der Waals surface area contributed by atoms with Gasteiger partial charge in [0.15, 0.2) is 0 Å². The van der Waals surface area contributed by atoms with Crippen molar-refractivity contribution in [1.29, 1.82) is 5.26 Å². The van der Waals surface area contributed by atoms with E-state index in [0.29, 0.717) is 26.1 Å². The van der Waals surface area contributed by atoms with Crippen LogP contribution in [-0.2, 0) is 4.79 Å². The van der Waals surface area contributed by atoms with Crippen molar-refractivity contribution in [2.24, 2.45) is 0 Å². The Hall–Kier alpha value is -2.36. The van der Waals surface area contributed by atoms with Crippen molar-refractivity contribution in [3.05, 3.63) is 52.7 Å². The second-order valence-electron chi connectivity index (χ2n) is 5.88. The molecule has 1 amide bonds. The van der Waals surface area contributed by atoms with Gasteiger partial charge in [-0.15, -0.1) is 11.3 Å². The fourth-order valence-electron chi connectivity index (χ4n) is 2.93. The number of carbonyl (C=O) groups is 1. The molecule has 1 fully saturated rings. The molecule has 0 aliphatic carbocycles. The Morgan fingerprint density at radius 3 is 2.56 bits per heavy atom. The predicted molar refractivity (Wildman–Crippen MR) is 97.4 cm³/mol. The van der Waals surface area contributed by atoms with E-state index in [-0.39, 0.29) is 11.9 Å². The van der Waals surface area contributed by atoms with E-state index in [0.717, 1.165) is 23.7 Å². The minimum absolute atomic E-state index is 0.111. The maximum atomic E-state index is 12.3. The van der Waals surface area contributed by atoms with Gasteiger partial charge in [0.05, 0.1) is 19.1 Å². The van der Waals surface area contributed by atoms with Gasteiger partial charge in [-0.05, 0) is 23.6 Å². The number of hydrogen-bond acceptors (Lipinski definition) is 5. The minimum Gasteiger partial charge on any atom is -0.493 e. The molecule has 1 unspecified atom stereocenters. The summed E-state index contributed by atoms with van der Waals surface area (Å²) in [6.45, 7) is 3.16. The fraction of sp³-hybridized carbons (Fsp3) is 0.368. The lowest BCUT2D eigenvalue weighted by atomic mass is 10.2. The molecule has 1 aliphatic rings. The maximum absolute atomic E-state index is 12.3. The molecular weight excluding hydrogens is 334 g/mol. The predicted octanol–water partition coefficient (Wildman–Crippen LogP) is 2.93. The Kier molecular flexibility index (Phi) is 6.04. The van der Waals surface area contributed by atoms with Crippen LogP contribution in [0.1, 0.15) is 17.3 Å². The van der Waals surface area contributed by atoms with Crippen LogP contribution in [0, 0.1) is 11.3 Å². The number of hydrogen-bond donors (Lipinski definition) is 0. The molecule has 130 valence electrons. The highest BCUT2D eigenvalue weighted by Crippen LogP contribution is 2.25. The standard InChI is InChI=1S/C19H21N3O2S/c20-15-17(18-7-4-14-25-18)21-9-11-22(12-10-21)19(23)8-13-24-16-5-2-1-3-6-16/h1-7,14,17H,8-13H2. The largest absolute Gasteiger partial charge is 0.493 e. The van der Waals surface area contributed by atoms with Crippen LogP contribution in [0.15, 0.2) is 47.8 Å². The van der Waals surface area contributed by atoms with E-state index < -0.39 is 0 Å². The van der Waals surface area contributed by atoms with Crippen LogP contribution in [0.5, 0.6) is 5.75 Å². The summed E-state index contributed by atoms with van der Waals surface area (Å²) in [4.78, 5) is 17.4. The summed E-state index contributed by atoms with van der Waals surface area (Å²) in [7, 11) is 0. The lowest BCUT2D eigenvalue weighted by molar-refractivity contribution is -0.133. The van der Waals surface area contributed by atoms with Gasteiger partial charge in [-0.3, -0.25) is 9.69 Å². The molecule has 0 bridgehead atoms. The summed E-state index contributed by atoms with van der Waals surface area (Å²) >= 11 is 1.60. The lowest BCUT2D eigenvalue weighted by Crippen LogP contribution is -2.49. The molecule has 1 aliphatic heterocycles. The van der Waals surface area contributed by atoms with Crippen LogP contribution < -0.4 is 4.74 Å². The van der Waals surface area contributed by atoms with Crippen LogP contribution >= 0.6 is 11.3 Å². The Morgan fingerprint density at radius 2 is 1.92 bits per heavy atom. The van der Waals surface area contributed by atoms with Gasteiger partial charge < -0.3 is 9.64 Å². The number of amides is 1. The molecule has 1 aromatic heterocycles. The summed E-state index contributed by atoms with van der Waals surface area (Å²) in [6.07, 6.45) is 0.376. The molecule has 2 heterocycles. The Labute approximate surface area is 152 Å². The first-order chi connectivity index (χ1) is 12.3. The average molecular weight is 355 g/mol. The third-order valence-corrected chi connectivity index (χ3v) is 5.22. The zero-order valence-corrected chi connectivity index (χ0v) is 14.8.